The van der Waals surface area contributed by atoms with E-state index in [0.29, 0.717) is 45.6 Å². The summed E-state index contributed by atoms with van der Waals surface area (Å²) >= 11 is 0. The number of urea groups is 1. The van der Waals surface area contributed by atoms with Gasteiger partial charge in [0.15, 0.2) is 0 Å². The first-order valence-corrected chi connectivity index (χ1v) is 8.99. The lowest BCUT2D eigenvalue weighted by atomic mass is 10.0. The number of hydrogen-bond donors (Lipinski definition) is 2. The van der Waals surface area contributed by atoms with Crippen LogP contribution in [-0.2, 0) is 20.7 Å². The van der Waals surface area contributed by atoms with Crippen LogP contribution in [0.3, 0.4) is 0 Å². The Kier molecular flexibility index (Phi) is 8.37. The number of benzene rings is 1. The summed E-state index contributed by atoms with van der Waals surface area (Å²) in [5, 5.41) is 12.0. The van der Waals surface area contributed by atoms with E-state index in [4.69, 9.17) is 14.6 Å². The lowest BCUT2D eigenvalue weighted by Crippen LogP contribution is -2.55. The summed E-state index contributed by atoms with van der Waals surface area (Å²) in [5.74, 6) is -0.860. The molecule has 1 heterocycles. The third-order valence-corrected chi connectivity index (χ3v) is 4.50. The molecular weight excluding hydrogens is 336 g/mol. The van der Waals surface area contributed by atoms with Gasteiger partial charge in [-0.3, -0.25) is 4.79 Å². The molecular formula is C19H28N2O5. The zero-order chi connectivity index (χ0) is 18.8. The number of nitrogens with zero attached hydrogens (tertiary/aromatic N) is 1. The highest BCUT2D eigenvalue weighted by Crippen LogP contribution is 2.13. The molecule has 2 N–H and O–H groups in total. The number of nitrogens with one attached hydrogen (secondary N) is 1. The van der Waals surface area contributed by atoms with E-state index in [1.54, 1.807) is 12.0 Å². The van der Waals surface area contributed by atoms with Crippen molar-refractivity contribution >= 4 is 12.0 Å². The Morgan fingerprint density at radius 3 is 2.85 bits per heavy atom. The first-order chi connectivity index (χ1) is 12.6. The number of carbonyl (C=O) groups is 2. The highest BCUT2D eigenvalue weighted by atomic mass is 16.5. The fourth-order valence-corrected chi connectivity index (χ4v) is 3.09. The van der Waals surface area contributed by atoms with Gasteiger partial charge in [-0.05, 0) is 24.8 Å². The zero-order valence-electron chi connectivity index (χ0n) is 15.2. The Labute approximate surface area is 154 Å². The second-order valence-electron chi connectivity index (χ2n) is 6.47. The summed E-state index contributed by atoms with van der Waals surface area (Å²) in [6.07, 6.45) is 1.73. The molecule has 1 aliphatic rings. The number of hydrogen-bond acceptors (Lipinski definition) is 4. The molecule has 0 aliphatic carbocycles. The van der Waals surface area contributed by atoms with E-state index < -0.39 is 5.97 Å². The third-order valence-electron chi connectivity index (χ3n) is 4.50. The smallest absolute Gasteiger partial charge is 0.318 e. The van der Waals surface area contributed by atoms with Crippen LogP contribution in [0.2, 0.25) is 0 Å². The third kappa shape index (κ3) is 6.65. The van der Waals surface area contributed by atoms with Gasteiger partial charge >= 0.3 is 12.0 Å². The van der Waals surface area contributed by atoms with Crippen LogP contribution in [0.15, 0.2) is 30.3 Å². The fraction of sp³-hybridized carbons (Fsp3) is 0.579. The Balaban J connectivity index is 1.99. The van der Waals surface area contributed by atoms with Crippen molar-refractivity contribution in [3.05, 3.63) is 35.9 Å². The number of carboxylic acid groups (broad SMARTS) is 1. The summed E-state index contributed by atoms with van der Waals surface area (Å²) in [4.78, 5) is 25.5. The van der Waals surface area contributed by atoms with Crippen molar-refractivity contribution in [2.24, 2.45) is 0 Å². The number of rotatable bonds is 9. The number of carboxylic acids is 1. The normalized spacial score (nSPS) is 18.3. The molecule has 26 heavy (non-hydrogen) atoms. The van der Waals surface area contributed by atoms with Crippen molar-refractivity contribution in [2.45, 2.75) is 37.8 Å². The predicted octanol–water partition coefficient (Wildman–Crippen LogP) is 1.91. The Hall–Kier alpha value is -2.12. The topological polar surface area (TPSA) is 88.1 Å². The average Bonchev–Trinajstić information content (AvgIpc) is 2.65. The zero-order valence-corrected chi connectivity index (χ0v) is 15.2. The van der Waals surface area contributed by atoms with Gasteiger partial charge in [-0.25, -0.2) is 4.79 Å². The van der Waals surface area contributed by atoms with Crippen LogP contribution in [0.4, 0.5) is 4.79 Å². The van der Waals surface area contributed by atoms with Gasteiger partial charge in [-0.2, -0.15) is 0 Å². The van der Waals surface area contributed by atoms with Gasteiger partial charge in [-0.15, -0.1) is 0 Å². The molecule has 2 unspecified atom stereocenters. The highest BCUT2D eigenvalue weighted by molar-refractivity contribution is 5.75. The number of amides is 2. The summed E-state index contributed by atoms with van der Waals surface area (Å²) in [7, 11) is 1.63. The molecule has 1 fully saturated rings. The lowest BCUT2D eigenvalue weighted by molar-refractivity contribution is -0.137. The number of aliphatic carboxylic acids is 1. The van der Waals surface area contributed by atoms with E-state index in [0.717, 1.165) is 5.56 Å². The Morgan fingerprint density at radius 2 is 2.15 bits per heavy atom. The molecule has 1 saturated heterocycles. The van der Waals surface area contributed by atoms with Gasteiger partial charge < -0.3 is 24.8 Å². The fourth-order valence-electron chi connectivity index (χ4n) is 3.09. The van der Waals surface area contributed by atoms with Crippen molar-refractivity contribution < 1.29 is 24.2 Å². The van der Waals surface area contributed by atoms with Crippen molar-refractivity contribution in [1.82, 2.24) is 10.2 Å². The minimum absolute atomic E-state index is 0.0218. The molecule has 2 rings (SSSR count). The average molecular weight is 364 g/mol. The summed E-state index contributed by atoms with van der Waals surface area (Å²) in [5.41, 5.74) is 1.07. The van der Waals surface area contributed by atoms with Crippen LogP contribution in [0.25, 0.3) is 0 Å². The van der Waals surface area contributed by atoms with Crippen molar-refractivity contribution in [3.8, 4) is 0 Å². The van der Waals surface area contributed by atoms with Gasteiger partial charge in [-0.1, -0.05) is 30.3 Å². The van der Waals surface area contributed by atoms with Crippen molar-refractivity contribution in [1.29, 1.82) is 0 Å². The standard InChI is InChI=1S/C19H28N2O5/c1-25-11-9-17-14-26-12-10-21(17)19(24)20-16(7-8-18(22)23)13-15-5-3-2-4-6-15/h2-6,16-17H,7-14H2,1H3,(H,20,24)(H,22,23). The van der Waals surface area contributed by atoms with Crippen LogP contribution in [-0.4, -0.2) is 67.6 Å². The number of carbonyl (C=O) groups excluding carboxylic acids is 1. The molecule has 1 aliphatic heterocycles. The lowest BCUT2D eigenvalue weighted by Gasteiger charge is -2.36. The van der Waals surface area contributed by atoms with Crippen LogP contribution in [0.5, 0.6) is 0 Å². The van der Waals surface area contributed by atoms with Gasteiger partial charge in [0.05, 0.1) is 19.3 Å². The van der Waals surface area contributed by atoms with E-state index in [9.17, 15) is 9.59 Å². The number of methoxy groups -OCH3 is 1. The largest absolute Gasteiger partial charge is 0.481 e. The van der Waals surface area contributed by atoms with Crippen LogP contribution >= 0.6 is 0 Å². The molecule has 0 bridgehead atoms. The predicted molar refractivity (Wildman–Crippen MR) is 97.1 cm³/mol. The maximum Gasteiger partial charge on any atom is 0.318 e. The second kappa shape index (κ2) is 10.8. The quantitative estimate of drug-likeness (QED) is 0.699. The second-order valence-corrected chi connectivity index (χ2v) is 6.47. The molecule has 0 spiro atoms. The van der Waals surface area contributed by atoms with E-state index in [-0.39, 0.29) is 24.5 Å². The van der Waals surface area contributed by atoms with Crippen LogP contribution < -0.4 is 5.32 Å². The Morgan fingerprint density at radius 1 is 1.38 bits per heavy atom. The molecule has 144 valence electrons. The minimum atomic E-state index is -0.860. The van der Waals surface area contributed by atoms with Gasteiger partial charge in [0.2, 0.25) is 0 Å². The van der Waals surface area contributed by atoms with Crippen molar-refractivity contribution in [2.75, 3.05) is 33.5 Å². The molecule has 7 nitrogen and oxygen atoms in total. The monoisotopic (exact) mass is 364 g/mol. The molecule has 2 atom stereocenters. The summed E-state index contributed by atoms with van der Waals surface area (Å²) in [6.45, 7) is 2.09. The first-order valence-electron chi connectivity index (χ1n) is 8.99. The SMILES string of the molecule is COCCC1COCCN1C(=O)NC(CCC(=O)O)Cc1ccccc1. The first kappa shape index (κ1) is 20.2. The highest BCUT2D eigenvalue weighted by Gasteiger charge is 2.28. The number of morpholine rings is 1. The minimum Gasteiger partial charge on any atom is -0.481 e. The van der Waals surface area contributed by atoms with E-state index >= 15 is 0 Å². The molecule has 1 aromatic carbocycles. The molecule has 1 aromatic rings. The Bertz CT molecular complexity index is 566. The number of ether oxygens (including phenoxy) is 2. The van der Waals surface area contributed by atoms with Crippen molar-refractivity contribution in [3.63, 3.8) is 0 Å². The van der Waals surface area contributed by atoms with Crippen LogP contribution in [0, 0.1) is 0 Å². The maximum absolute atomic E-state index is 12.8. The van der Waals surface area contributed by atoms with Crippen LogP contribution in [0.1, 0.15) is 24.8 Å². The summed E-state index contributed by atoms with van der Waals surface area (Å²) < 4.78 is 10.6. The molecule has 0 saturated carbocycles. The van der Waals surface area contributed by atoms with Gasteiger partial charge in [0.1, 0.15) is 0 Å². The van der Waals surface area contributed by atoms with E-state index in [1.165, 1.54) is 0 Å². The molecule has 0 radical (unpaired) electrons. The molecule has 0 aromatic heterocycles. The van der Waals surface area contributed by atoms with E-state index in [1.807, 2.05) is 30.3 Å². The van der Waals surface area contributed by atoms with E-state index in [2.05, 4.69) is 5.32 Å². The molecule has 2 amide bonds. The molecule has 7 heteroatoms. The summed E-state index contributed by atoms with van der Waals surface area (Å²) in [6, 6.07) is 9.35. The maximum atomic E-state index is 12.8. The van der Waals surface area contributed by atoms with Gasteiger partial charge in [0.25, 0.3) is 0 Å². The van der Waals surface area contributed by atoms with Gasteiger partial charge in [0, 0.05) is 32.7 Å².